The molecular formula is C14H21NaO5S. The van der Waals surface area contributed by atoms with Crippen LogP contribution in [0.5, 0.6) is 0 Å². The van der Waals surface area contributed by atoms with E-state index < -0.39 is 22.3 Å². The van der Waals surface area contributed by atoms with Crippen LogP contribution in [0, 0.1) is 0 Å². The van der Waals surface area contributed by atoms with E-state index in [-0.39, 0.29) is 29.6 Å². The number of carbonyl (C=O) groups excluding carboxylic acids is 1. The zero-order valence-electron chi connectivity index (χ0n) is 11.5. The van der Waals surface area contributed by atoms with Gasteiger partial charge in [-0.3, -0.25) is 9.35 Å². The van der Waals surface area contributed by atoms with Gasteiger partial charge in [-0.2, -0.15) is 8.42 Å². The van der Waals surface area contributed by atoms with Crippen molar-refractivity contribution in [1.29, 1.82) is 0 Å². The first-order valence-electron chi connectivity index (χ1n) is 6.69. The van der Waals surface area contributed by atoms with Crippen molar-refractivity contribution >= 4 is 45.9 Å². The van der Waals surface area contributed by atoms with E-state index in [1.807, 2.05) is 6.07 Å². The summed E-state index contributed by atoms with van der Waals surface area (Å²) in [5.74, 6) is -1.61. The summed E-state index contributed by atoms with van der Waals surface area (Å²) in [5.41, 5.74) is 0.692. The van der Waals surface area contributed by atoms with Crippen LogP contribution in [0.15, 0.2) is 30.3 Å². The van der Waals surface area contributed by atoms with Gasteiger partial charge in [-0.15, -0.1) is 0 Å². The Kier molecular flexibility index (Phi) is 10.1. The minimum absolute atomic E-state index is 0. The number of hydrogen-bond donors (Lipinski definition) is 1. The van der Waals surface area contributed by atoms with Gasteiger partial charge >= 0.3 is 45.9 Å². The Bertz CT molecular complexity index is 515. The van der Waals surface area contributed by atoms with Crippen LogP contribution in [-0.4, -0.2) is 48.5 Å². The first-order chi connectivity index (χ1) is 9.44. The van der Waals surface area contributed by atoms with Crippen LogP contribution in [0.2, 0.25) is 0 Å². The molecule has 0 heterocycles. The Morgan fingerprint density at radius 1 is 1.19 bits per heavy atom. The van der Waals surface area contributed by atoms with Crippen LogP contribution in [-0.2, 0) is 19.4 Å². The average molecular weight is 324 g/mol. The Hall–Kier alpha value is -0.400. The van der Waals surface area contributed by atoms with E-state index in [9.17, 15) is 13.2 Å². The molecule has 0 fully saturated rings. The van der Waals surface area contributed by atoms with Gasteiger partial charge in [0.05, 0.1) is 5.92 Å². The van der Waals surface area contributed by atoms with Crippen molar-refractivity contribution in [3.63, 3.8) is 0 Å². The molecule has 1 rings (SSSR count). The van der Waals surface area contributed by atoms with Gasteiger partial charge < -0.3 is 4.18 Å². The molecule has 0 aliphatic carbocycles. The molecule has 0 aromatic heterocycles. The second-order valence-electron chi connectivity index (χ2n) is 4.64. The van der Waals surface area contributed by atoms with Gasteiger partial charge in [0.25, 0.3) is 0 Å². The fourth-order valence-electron chi connectivity index (χ4n) is 2.04. The summed E-state index contributed by atoms with van der Waals surface area (Å²) < 4.78 is 34.1. The standard InChI is InChI=1S/C14H20O5S.Na.H/c1-2-3-4-8-11-13(12-9-6-5-7-10-12)14(15)19-20(16,17)18;;/h5-7,9-10,13H,2-4,8,11H2,1H3,(H,16,17,18);;. The second kappa shape index (κ2) is 10.3. The Morgan fingerprint density at radius 2 is 1.81 bits per heavy atom. The summed E-state index contributed by atoms with van der Waals surface area (Å²) >= 11 is 0. The fourth-order valence-corrected chi connectivity index (χ4v) is 2.37. The molecule has 1 atom stereocenters. The summed E-state index contributed by atoms with van der Waals surface area (Å²) in [4.78, 5) is 11.9. The Labute approximate surface area is 148 Å². The third-order valence-electron chi connectivity index (χ3n) is 3.02. The fraction of sp³-hybridized carbons (Fsp3) is 0.500. The summed E-state index contributed by atoms with van der Waals surface area (Å²) in [6.07, 6.45) is 4.41. The van der Waals surface area contributed by atoms with E-state index in [4.69, 9.17) is 4.55 Å². The van der Waals surface area contributed by atoms with E-state index in [1.54, 1.807) is 24.3 Å². The molecule has 1 N–H and O–H groups in total. The molecule has 0 spiro atoms. The molecule has 5 nitrogen and oxygen atoms in total. The molecule has 7 heteroatoms. The van der Waals surface area contributed by atoms with E-state index >= 15 is 0 Å². The zero-order chi connectivity index (χ0) is 15.0. The molecule has 21 heavy (non-hydrogen) atoms. The van der Waals surface area contributed by atoms with Crippen molar-refractivity contribution < 1.29 is 21.9 Å². The number of rotatable bonds is 8. The Morgan fingerprint density at radius 3 is 2.33 bits per heavy atom. The monoisotopic (exact) mass is 324 g/mol. The van der Waals surface area contributed by atoms with Crippen LogP contribution in [0.4, 0.5) is 0 Å². The summed E-state index contributed by atoms with van der Waals surface area (Å²) in [5, 5.41) is 0. The van der Waals surface area contributed by atoms with Gasteiger partial charge in [0.2, 0.25) is 0 Å². The number of hydrogen-bond acceptors (Lipinski definition) is 4. The molecule has 1 aromatic rings. The van der Waals surface area contributed by atoms with E-state index in [0.29, 0.717) is 12.0 Å². The number of carbonyl (C=O) groups is 1. The maximum atomic E-state index is 11.9. The van der Waals surface area contributed by atoms with Crippen molar-refractivity contribution in [3.05, 3.63) is 35.9 Å². The topological polar surface area (TPSA) is 80.7 Å². The van der Waals surface area contributed by atoms with Crippen LogP contribution >= 0.6 is 0 Å². The second-order valence-corrected chi connectivity index (χ2v) is 5.66. The summed E-state index contributed by atoms with van der Waals surface area (Å²) in [7, 11) is -4.76. The zero-order valence-corrected chi connectivity index (χ0v) is 12.3. The molecule has 0 aliphatic rings. The molecule has 1 unspecified atom stereocenters. The molecule has 0 radical (unpaired) electrons. The van der Waals surface area contributed by atoms with Gasteiger partial charge in [0.15, 0.2) is 0 Å². The molecule has 1 aromatic carbocycles. The third kappa shape index (κ3) is 8.58. The van der Waals surface area contributed by atoms with Crippen LogP contribution < -0.4 is 0 Å². The van der Waals surface area contributed by atoms with Crippen molar-refractivity contribution in [3.8, 4) is 0 Å². The molecule has 0 saturated carbocycles. The predicted octanol–water partition coefficient (Wildman–Crippen LogP) is 2.44. The van der Waals surface area contributed by atoms with Crippen molar-refractivity contribution in [2.45, 2.75) is 44.9 Å². The van der Waals surface area contributed by atoms with Crippen LogP contribution in [0.25, 0.3) is 0 Å². The molecule has 0 amide bonds. The van der Waals surface area contributed by atoms with Crippen LogP contribution in [0.3, 0.4) is 0 Å². The van der Waals surface area contributed by atoms with E-state index in [1.165, 1.54) is 0 Å². The van der Waals surface area contributed by atoms with Crippen molar-refractivity contribution in [2.24, 2.45) is 0 Å². The first-order valence-corrected chi connectivity index (χ1v) is 8.06. The quantitative estimate of drug-likeness (QED) is 0.451. The van der Waals surface area contributed by atoms with E-state index in [2.05, 4.69) is 11.1 Å². The molecule has 0 bridgehead atoms. The average Bonchev–Trinajstić information content (AvgIpc) is 2.37. The van der Waals surface area contributed by atoms with E-state index in [0.717, 1.165) is 25.7 Å². The van der Waals surface area contributed by atoms with Gasteiger partial charge in [-0.1, -0.05) is 62.9 Å². The van der Waals surface area contributed by atoms with Crippen molar-refractivity contribution in [2.75, 3.05) is 0 Å². The van der Waals surface area contributed by atoms with Gasteiger partial charge in [-0.25, -0.2) is 0 Å². The predicted molar refractivity (Wildman–Crippen MR) is 82.7 cm³/mol. The van der Waals surface area contributed by atoms with Crippen LogP contribution in [0.1, 0.15) is 50.5 Å². The van der Waals surface area contributed by atoms with Gasteiger partial charge in [0.1, 0.15) is 0 Å². The summed E-state index contributed by atoms with van der Waals surface area (Å²) in [6.45, 7) is 2.08. The third-order valence-corrected chi connectivity index (χ3v) is 3.40. The van der Waals surface area contributed by atoms with Crippen molar-refractivity contribution in [1.82, 2.24) is 0 Å². The SMILES string of the molecule is CCCCCCC(C(=O)OS(=O)(=O)O)c1ccccc1.[NaH]. The first kappa shape index (κ1) is 20.6. The minimum atomic E-state index is -4.76. The Balaban J connectivity index is 0.00000400. The van der Waals surface area contributed by atoms with Gasteiger partial charge in [-0.05, 0) is 12.0 Å². The molecule has 0 aliphatic heterocycles. The number of benzene rings is 1. The molecule has 114 valence electrons. The van der Waals surface area contributed by atoms with Gasteiger partial charge in [0, 0.05) is 0 Å². The summed E-state index contributed by atoms with van der Waals surface area (Å²) in [6, 6.07) is 8.85. The molecular weight excluding hydrogens is 303 g/mol. The molecule has 0 saturated heterocycles. The normalized spacial score (nSPS) is 12.3. The number of unbranched alkanes of at least 4 members (excludes halogenated alkanes) is 3. The maximum absolute atomic E-state index is 11.9.